The smallest absolute Gasteiger partial charge is 0.331 e. The van der Waals surface area contributed by atoms with Crippen LogP contribution in [0.15, 0.2) is 53.9 Å². The van der Waals surface area contributed by atoms with Crippen molar-refractivity contribution >= 4 is 35.9 Å². The molecule has 0 N–H and O–H groups in total. The van der Waals surface area contributed by atoms with Gasteiger partial charge in [-0.1, -0.05) is 33.4 Å². The van der Waals surface area contributed by atoms with Gasteiger partial charge in [0.1, 0.15) is 18.3 Å². The summed E-state index contributed by atoms with van der Waals surface area (Å²) in [6.45, 7) is 17.3. The van der Waals surface area contributed by atoms with Crippen LogP contribution >= 0.6 is 0 Å². The lowest BCUT2D eigenvalue weighted by Crippen LogP contribution is -2.64. The Morgan fingerprint density at radius 1 is 0.851 bits per heavy atom. The zero-order valence-electron chi connectivity index (χ0n) is 28.4. The highest BCUT2D eigenvalue weighted by Gasteiger charge is 2.64. The van der Waals surface area contributed by atoms with E-state index in [1.807, 2.05) is 27.7 Å². The Morgan fingerprint density at radius 2 is 1.49 bits per heavy atom. The molecular formula is C36H45NO10. The maximum Gasteiger partial charge on any atom is 0.331 e. The summed E-state index contributed by atoms with van der Waals surface area (Å²) in [5.41, 5.74) is 0.831. The van der Waals surface area contributed by atoms with Crippen LogP contribution in [0.25, 0.3) is 6.08 Å². The first kappa shape index (κ1) is 35.6. The van der Waals surface area contributed by atoms with Gasteiger partial charge in [-0.25, -0.2) is 4.79 Å². The van der Waals surface area contributed by atoms with Gasteiger partial charge >= 0.3 is 29.8 Å². The molecule has 47 heavy (non-hydrogen) atoms. The molecule has 2 fully saturated rings. The summed E-state index contributed by atoms with van der Waals surface area (Å²) in [4.78, 5) is 67.6. The van der Waals surface area contributed by atoms with E-state index in [9.17, 15) is 24.0 Å². The fourth-order valence-corrected chi connectivity index (χ4v) is 7.93. The van der Waals surface area contributed by atoms with Gasteiger partial charge < -0.3 is 23.7 Å². The van der Waals surface area contributed by atoms with Gasteiger partial charge in [0.05, 0.1) is 5.41 Å². The van der Waals surface area contributed by atoms with Crippen molar-refractivity contribution in [3.8, 4) is 0 Å². The van der Waals surface area contributed by atoms with Gasteiger partial charge in [0.25, 0.3) is 0 Å². The maximum absolute atomic E-state index is 13.1. The summed E-state index contributed by atoms with van der Waals surface area (Å²) < 4.78 is 29.9. The van der Waals surface area contributed by atoms with Crippen molar-refractivity contribution in [1.29, 1.82) is 0 Å². The van der Waals surface area contributed by atoms with Crippen LogP contribution in [0.2, 0.25) is 0 Å². The van der Waals surface area contributed by atoms with E-state index >= 15 is 0 Å². The average molecular weight is 652 g/mol. The summed E-state index contributed by atoms with van der Waals surface area (Å²) in [6, 6.07) is 3.54. The molecular weight excluding hydrogens is 606 g/mol. The van der Waals surface area contributed by atoms with Gasteiger partial charge in [0, 0.05) is 52.6 Å². The number of hydrogen-bond donors (Lipinski definition) is 0. The number of ether oxygens (including phenoxy) is 5. The lowest BCUT2D eigenvalue weighted by Gasteiger charge is -2.59. The first-order valence-corrected chi connectivity index (χ1v) is 15.8. The average Bonchev–Trinajstić information content (AvgIpc) is 2.96. The van der Waals surface area contributed by atoms with E-state index in [-0.39, 0.29) is 12.3 Å². The number of hydrogen-bond acceptors (Lipinski definition) is 11. The van der Waals surface area contributed by atoms with Crippen LogP contribution in [0.1, 0.15) is 80.2 Å². The second kappa shape index (κ2) is 13.8. The molecule has 3 aliphatic rings. The van der Waals surface area contributed by atoms with Gasteiger partial charge in [0.2, 0.25) is 0 Å². The number of carbonyl (C=O) groups is 5. The number of rotatable bonds is 7. The van der Waals surface area contributed by atoms with Gasteiger partial charge in [0.15, 0.2) is 12.2 Å². The Balaban J connectivity index is 1.89. The largest absolute Gasteiger partial charge is 0.462 e. The normalized spacial score (nSPS) is 31.5. The van der Waals surface area contributed by atoms with Crippen molar-refractivity contribution in [1.82, 2.24) is 4.98 Å². The van der Waals surface area contributed by atoms with Crippen LogP contribution in [-0.2, 0) is 47.7 Å². The minimum absolute atomic E-state index is 0.0323. The second-order valence-electron chi connectivity index (χ2n) is 13.5. The number of esters is 5. The Morgan fingerprint density at radius 3 is 2.06 bits per heavy atom. The fraction of sp³-hybridized carbons (Fsp3) is 0.556. The van der Waals surface area contributed by atoms with E-state index < -0.39 is 77.1 Å². The molecule has 254 valence electrons. The predicted molar refractivity (Wildman–Crippen MR) is 170 cm³/mol. The fourth-order valence-electron chi connectivity index (χ4n) is 7.93. The third-order valence-corrected chi connectivity index (χ3v) is 10.1. The molecule has 1 heterocycles. The Hall–Kier alpha value is -4.28. The van der Waals surface area contributed by atoms with Crippen molar-refractivity contribution in [2.75, 3.05) is 0 Å². The molecule has 3 aliphatic carbocycles. The number of nitrogens with zero attached hydrogens (tertiary/aromatic N) is 1. The summed E-state index contributed by atoms with van der Waals surface area (Å²) in [7, 11) is 0. The van der Waals surface area contributed by atoms with Crippen LogP contribution in [0.5, 0.6) is 0 Å². The molecule has 1 aromatic rings. The zero-order valence-corrected chi connectivity index (χ0v) is 28.4. The van der Waals surface area contributed by atoms with Crippen molar-refractivity contribution in [3.63, 3.8) is 0 Å². The predicted octanol–water partition coefficient (Wildman–Crippen LogP) is 5.08. The van der Waals surface area contributed by atoms with Crippen LogP contribution < -0.4 is 0 Å². The van der Waals surface area contributed by atoms with E-state index in [0.717, 1.165) is 0 Å². The van der Waals surface area contributed by atoms with E-state index in [1.54, 1.807) is 30.6 Å². The molecule has 0 radical (unpaired) electrons. The zero-order chi connectivity index (χ0) is 34.8. The Labute approximate surface area is 275 Å². The van der Waals surface area contributed by atoms with E-state index in [4.69, 9.17) is 23.7 Å². The Bertz CT molecular complexity index is 1490. The third-order valence-electron chi connectivity index (χ3n) is 10.1. The van der Waals surface area contributed by atoms with Gasteiger partial charge in [-0.15, -0.1) is 0 Å². The van der Waals surface area contributed by atoms with Crippen LogP contribution in [0, 0.1) is 22.7 Å². The summed E-state index contributed by atoms with van der Waals surface area (Å²) in [5.74, 6) is -3.64. The van der Waals surface area contributed by atoms with Crippen molar-refractivity contribution < 1.29 is 47.7 Å². The molecule has 2 bridgehead atoms. The SMILES string of the molecule is C=C1[C@@H](OC(=O)/C=C/c2cccnc2)C[C@H](OC(C)=O)[C@]2(C)[C@@H]1C[C@@H]1C[C@H](OC(C)=O)C(C)=C([C@@H](OC(C)=O)[C@@H]2OC(C)=O)C1(C)C. The molecule has 11 heteroatoms. The van der Waals surface area contributed by atoms with Crippen molar-refractivity contribution in [2.24, 2.45) is 22.7 Å². The van der Waals surface area contributed by atoms with Gasteiger partial charge in [-0.3, -0.25) is 24.2 Å². The second-order valence-corrected chi connectivity index (χ2v) is 13.5. The molecule has 0 aromatic carbocycles. The number of pyridine rings is 1. The van der Waals surface area contributed by atoms with Crippen LogP contribution in [-0.4, -0.2) is 65.4 Å². The molecule has 0 aliphatic heterocycles. The quantitative estimate of drug-likeness (QED) is 0.168. The number of carbonyl (C=O) groups excluding carboxylic acids is 5. The molecule has 1 aromatic heterocycles. The minimum Gasteiger partial charge on any atom is -0.462 e. The molecule has 0 saturated heterocycles. The monoisotopic (exact) mass is 651 g/mol. The summed E-state index contributed by atoms with van der Waals surface area (Å²) in [6.07, 6.45) is 2.34. The highest BCUT2D eigenvalue weighted by atomic mass is 16.6. The topological polar surface area (TPSA) is 144 Å². The molecule has 0 unspecified atom stereocenters. The Kier molecular flexibility index (Phi) is 10.5. The summed E-state index contributed by atoms with van der Waals surface area (Å²) >= 11 is 0. The lowest BCUT2D eigenvalue weighted by atomic mass is 9.49. The van der Waals surface area contributed by atoms with Crippen molar-refractivity contribution in [3.05, 3.63) is 59.5 Å². The van der Waals surface area contributed by atoms with E-state index in [2.05, 4.69) is 11.6 Å². The molecule has 4 rings (SSSR count). The van der Waals surface area contributed by atoms with Crippen LogP contribution in [0.4, 0.5) is 0 Å². The first-order chi connectivity index (χ1) is 22.0. The van der Waals surface area contributed by atoms with Gasteiger partial charge in [-0.2, -0.15) is 0 Å². The molecule has 0 amide bonds. The number of fused-ring (bicyclic) bond motifs is 3. The lowest BCUT2D eigenvalue weighted by molar-refractivity contribution is -0.212. The minimum atomic E-state index is -1.18. The summed E-state index contributed by atoms with van der Waals surface area (Å²) in [5, 5.41) is 0. The standard InChI is InChI=1S/C36H45NO10/c1-19-27-15-26-16-28(43-21(3)38)20(2)32(35(26,7)8)33(45-23(5)40)34(46-24(6)41)36(27,9)30(44-22(4)39)17-29(19)47-31(42)13-12-25-11-10-14-37-18-25/h10-14,18,26-30,33-34H,1,15-17H2,2-9H3/b13-12+/t26-,27-,28+,29+,30+,33-,34+,36+/m1/s1. The van der Waals surface area contributed by atoms with Crippen molar-refractivity contribution in [2.45, 2.75) is 105 Å². The number of aromatic nitrogens is 1. The van der Waals surface area contributed by atoms with E-state index in [1.165, 1.54) is 33.8 Å². The molecule has 11 nitrogen and oxygen atoms in total. The first-order valence-electron chi connectivity index (χ1n) is 15.8. The maximum atomic E-state index is 13.1. The van der Waals surface area contributed by atoms with Gasteiger partial charge in [-0.05, 0) is 71.4 Å². The highest BCUT2D eigenvalue weighted by Crippen LogP contribution is 2.61. The van der Waals surface area contributed by atoms with Crippen LogP contribution in [0.3, 0.4) is 0 Å². The molecule has 8 atom stereocenters. The third kappa shape index (κ3) is 7.34. The molecule has 2 saturated carbocycles. The van der Waals surface area contributed by atoms with E-state index in [0.29, 0.717) is 35.1 Å². The highest BCUT2D eigenvalue weighted by molar-refractivity contribution is 5.87. The molecule has 0 spiro atoms.